The average Bonchev–Trinajstić information content (AvgIpc) is 3.57. The molecule has 3 aliphatic carbocycles. The number of ether oxygens (including phenoxy) is 1. The molecule has 2 unspecified atom stereocenters. The van der Waals surface area contributed by atoms with E-state index in [-0.39, 0.29) is 36.7 Å². The van der Waals surface area contributed by atoms with Crippen LogP contribution in [0.5, 0.6) is 0 Å². The first-order valence-electron chi connectivity index (χ1n) is 12.1. The van der Waals surface area contributed by atoms with Crippen LogP contribution < -0.4 is 10.6 Å². The zero-order valence-electron chi connectivity index (χ0n) is 19.0. The van der Waals surface area contributed by atoms with Gasteiger partial charge in [-0.15, -0.1) is 0 Å². The highest BCUT2D eigenvalue weighted by Gasteiger charge is 2.40. The molecule has 2 atom stereocenters. The van der Waals surface area contributed by atoms with Gasteiger partial charge in [0.25, 0.3) is 0 Å². The van der Waals surface area contributed by atoms with Crippen LogP contribution in [0.2, 0.25) is 0 Å². The van der Waals surface area contributed by atoms with Crippen molar-refractivity contribution in [1.29, 1.82) is 0 Å². The number of amides is 2. The molecule has 0 spiro atoms. The highest BCUT2D eigenvalue weighted by molar-refractivity contribution is 5.87. The maximum Gasteiger partial charge on any atom is 0.407 e. The van der Waals surface area contributed by atoms with Crippen molar-refractivity contribution in [2.24, 2.45) is 11.8 Å². The molecule has 2 aromatic rings. The van der Waals surface area contributed by atoms with Crippen LogP contribution in [0, 0.1) is 11.8 Å². The molecule has 0 saturated heterocycles. The summed E-state index contributed by atoms with van der Waals surface area (Å²) in [6.07, 6.45) is 3.90. The van der Waals surface area contributed by atoms with Gasteiger partial charge in [0.1, 0.15) is 12.6 Å². The van der Waals surface area contributed by atoms with Crippen LogP contribution in [0.15, 0.2) is 48.5 Å². The monoisotopic (exact) mass is 462 g/mol. The molecule has 34 heavy (non-hydrogen) atoms. The normalized spacial score (nSPS) is 18.7. The molecule has 3 aliphatic rings. The zero-order valence-corrected chi connectivity index (χ0v) is 19.0. The fourth-order valence-corrected chi connectivity index (χ4v) is 5.23. The van der Waals surface area contributed by atoms with E-state index in [1.165, 1.54) is 0 Å². The summed E-state index contributed by atoms with van der Waals surface area (Å²) in [6, 6.07) is 15.2. The molecule has 0 heterocycles. The number of carboxylic acid groups (broad SMARTS) is 1. The molecule has 2 aromatic carbocycles. The van der Waals surface area contributed by atoms with Crippen molar-refractivity contribution in [3.63, 3.8) is 0 Å². The van der Waals surface area contributed by atoms with Gasteiger partial charge in [0.15, 0.2) is 0 Å². The topological polar surface area (TPSA) is 105 Å². The standard InChI is InChI=1S/C27H30N2O5/c30-24(31)14-23(16-6-5-7-16)28-26(32)25(17-12-13-17)29-27(33)34-15-22-20-10-3-1-8-18(20)19-9-2-4-11-21(19)22/h1-4,8-11,16-17,22-23,25H,5-7,12-15H2,(H,28,32)(H,29,33)(H,30,31). The molecular formula is C27H30N2O5. The summed E-state index contributed by atoms with van der Waals surface area (Å²) in [6.45, 7) is 0.183. The summed E-state index contributed by atoms with van der Waals surface area (Å²) in [5, 5.41) is 14.9. The van der Waals surface area contributed by atoms with Crippen LogP contribution >= 0.6 is 0 Å². The van der Waals surface area contributed by atoms with Crippen molar-refractivity contribution in [1.82, 2.24) is 10.6 Å². The summed E-state index contributed by atoms with van der Waals surface area (Å²) in [5.41, 5.74) is 4.57. The van der Waals surface area contributed by atoms with Crippen molar-refractivity contribution in [2.75, 3.05) is 6.61 Å². The number of alkyl carbamates (subject to hydrolysis) is 1. The number of hydrogen-bond donors (Lipinski definition) is 3. The Morgan fingerprint density at radius 2 is 1.50 bits per heavy atom. The molecule has 0 aromatic heterocycles. The minimum Gasteiger partial charge on any atom is -0.481 e. The minimum atomic E-state index is -0.926. The van der Waals surface area contributed by atoms with Crippen molar-refractivity contribution in [3.05, 3.63) is 59.7 Å². The number of carbonyl (C=O) groups excluding carboxylic acids is 2. The second kappa shape index (κ2) is 9.49. The van der Waals surface area contributed by atoms with Crippen LogP contribution in [-0.4, -0.2) is 41.8 Å². The van der Waals surface area contributed by atoms with E-state index in [4.69, 9.17) is 4.74 Å². The van der Waals surface area contributed by atoms with Gasteiger partial charge in [-0.25, -0.2) is 4.79 Å². The maximum absolute atomic E-state index is 13.0. The molecule has 0 radical (unpaired) electrons. The van der Waals surface area contributed by atoms with Crippen LogP contribution in [0.25, 0.3) is 11.1 Å². The molecule has 0 bridgehead atoms. The smallest absolute Gasteiger partial charge is 0.407 e. The minimum absolute atomic E-state index is 0.0510. The van der Waals surface area contributed by atoms with E-state index in [1.807, 2.05) is 24.3 Å². The Morgan fingerprint density at radius 1 is 0.882 bits per heavy atom. The van der Waals surface area contributed by atoms with Crippen LogP contribution in [-0.2, 0) is 14.3 Å². The van der Waals surface area contributed by atoms with E-state index >= 15 is 0 Å². The predicted octanol–water partition coefficient (Wildman–Crippen LogP) is 4.06. The Balaban J connectivity index is 1.22. The third-order valence-corrected chi connectivity index (χ3v) is 7.43. The van der Waals surface area contributed by atoms with E-state index in [0.717, 1.165) is 54.4 Å². The molecular weight excluding hydrogens is 432 g/mol. The fraction of sp³-hybridized carbons (Fsp3) is 0.444. The summed E-state index contributed by atoms with van der Waals surface area (Å²) >= 11 is 0. The van der Waals surface area contributed by atoms with E-state index < -0.39 is 24.1 Å². The third kappa shape index (κ3) is 4.65. The lowest BCUT2D eigenvalue weighted by Crippen LogP contribution is -2.53. The molecule has 5 rings (SSSR count). The summed E-state index contributed by atoms with van der Waals surface area (Å²) < 4.78 is 5.62. The molecule has 0 aliphatic heterocycles. The van der Waals surface area contributed by atoms with Gasteiger partial charge in [-0.3, -0.25) is 9.59 Å². The summed E-state index contributed by atoms with van der Waals surface area (Å²) in [7, 11) is 0. The van der Waals surface area contributed by atoms with E-state index in [2.05, 4.69) is 34.9 Å². The van der Waals surface area contributed by atoms with Crippen LogP contribution in [0.1, 0.15) is 55.6 Å². The lowest BCUT2D eigenvalue weighted by atomic mass is 9.78. The first kappa shape index (κ1) is 22.4. The van der Waals surface area contributed by atoms with Gasteiger partial charge < -0.3 is 20.5 Å². The highest BCUT2D eigenvalue weighted by Crippen LogP contribution is 2.44. The van der Waals surface area contributed by atoms with Crippen LogP contribution in [0.4, 0.5) is 4.79 Å². The fourth-order valence-electron chi connectivity index (χ4n) is 5.23. The van der Waals surface area contributed by atoms with Gasteiger partial charge in [0, 0.05) is 12.0 Å². The van der Waals surface area contributed by atoms with Crippen LogP contribution in [0.3, 0.4) is 0 Å². The first-order chi connectivity index (χ1) is 16.5. The van der Waals surface area contributed by atoms with Gasteiger partial charge in [0.2, 0.25) is 5.91 Å². The molecule has 2 saturated carbocycles. The van der Waals surface area contributed by atoms with Crippen molar-refractivity contribution >= 4 is 18.0 Å². The molecule has 2 amide bonds. The quantitative estimate of drug-likeness (QED) is 0.521. The van der Waals surface area contributed by atoms with Gasteiger partial charge in [-0.1, -0.05) is 55.0 Å². The van der Waals surface area contributed by atoms with E-state index in [1.54, 1.807) is 0 Å². The Bertz CT molecular complexity index is 1050. The van der Waals surface area contributed by atoms with E-state index in [9.17, 15) is 19.5 Å². The van der Waals surface area contributed by atoms with Gasteiger partial charge in [-0.2, -0.15) is 0 Å². The number of carbonyl (C=O) groups is 3. The number of carboxylic acids is 1. The zero-order chi connectivity index (χ0) is 23.7. The number of benzene rings is 2. The Labute approximate surface area is 198 Å². The SMILES string of the molecule is O=C(O)CC(NC(=O)C(NC(=O)OCC1c2ccccc2-c2ccccc21)C1CC1)C1CCC1. The number of fused-ring (bicyclic) bond motifs is 3. The number of rotatable bonds is 9. The molecule has 3 N–H and O–H groups in total. The number of hydrogen-bond acceptors (Lipinski definition) is 4. The summed E-state index contributed by atoms with van der Waals surface area (Å²) in [5.74, 6) is -1.04. The number of aliphatic carboxylic acids is 1. The van der Waals surface area contributed by atoms with Crippen molar-refractivity contribution in [2.45, 2.75) is 56.5 Å². The largest absolute Gasteiger partial charge is 0.481 e. The molecule has 7 nitrogen and oxygen atoms in total. The van der Waals surface area contributed by atoms with E-state index in [0.29, 0.717) is 0 Å². The first-order valence-corrected chi connectivity index (χ1v) is 12.1. The lowest BCUT2D eigenvalue weighted by molar-refractivity contribution is -0.138. The predicted molar refractivity (Wildman–Crippen MR) is 126 cm³/mol. The molecule has 2 fully saturated rings. The summed E-state index contributed by atoms with van der Waals surface area (Å²) in [4.78, 5) is 37.0. The Kier molecular flexibility index (Phi) is 6.26. The highest BCUT2D eigenvalue weighted by atomic mass is 16.5. The lowest BCUT2D eigenvalue weighted by Gasteiger charge is -2.34. The molecule has 178 valence electrons. The maximum atomic E-state index is 13.0. The number of nitrogens with one attached hydrogen (secondary N) is 2. The average molecular weight is 463 g/mol. The van der Waals surface area contributed by atoms with Crippen molar-refractivity contribution in [3.8, 4) is 11.1 Å². The molecule has 7 heteroatoms. The second-order valence-corrected chi connectivity index (χ2v) is 9.69. The Morgan fingerprint density at radius 3 is 2.03 bits per heavy atom. The van der Waals surface area contributed by atoms with Gasteiger partial charge in [0.05, 0.1) is 6.42 Å². The van der Waals surface area contributed by atoms with Gasteiger partial charge in [-0.05, 0) is 59.8 Å². The third-order valence-electron chi connectivity index (χ3n) is 7.43. The van der Waals surface area contributed by atoms with Crippen molar-refractivity contribution < 1.29 is 24.2 Å². The Hall–Kier alpha value is -3.35. The second-order valence-electron chi connectivity index (χ2n) is 9.69. The van der Waals surface area contributed by atoms with Gasteiger partial charge >= 0.3 is 12.1 Å².